The lowest BCUT2D eigenvalue weighted by Gasteiger charge is -2.40. The van der Waals surface area contributed by atoms with E-state index >= 15 is 0 Å². The van der Waals surface area contributed by atoms with Crippen LogP contribution in [0.15, 0.2) is 18.2 Å². The molecule has 94 valence electrons. The molecule has 0 aliphatic carbocycles. The van der Waals surface area contributed by atoms with Gasteiger partial charge in [0.2, 0.25) is 0 Å². The summed E-state index contributed by atoms with van der Waals surface area (Å²) in [6.07, 6.45) is 2.30. The van der Waals surface area contributed by atoms with Gasteiger partial charge in [0, 0.05) is 24.3 Å². The number of rotatable bonds is 2. The minimum absolute atomic E-state index is 0.149. The van der Waals surface area contributed by atoms with Crippen molar-refractivity contribution in [1.29, 1.82) is 0 Å². The number of nitrogens with zero attached hydrogens (tertiary/aromatic N) is 1. The van der Waals surface area contributed by atoms with E-state index in [0.717, 1.165) is 24.9 Å². The van der Waals surface area contributed by atoms with Crippen molar-refractivity contribution in [3.63, 3.8) is 0 Å². The lowest BCUT2D eigenvalue weighted by molar-refractivity contribution is 0.386. The average Bonchev–Trinajstić information content (AvgIpc) is 2.30. The molecule has 1 saturated heterocycles. The van der Waals surface area contributed by atoms with Crippen LogP contribution in [0.5, 0.6) is 0 Å². The number of benzene rings is 1. The Morgan fingerprint density at radius 1 is 1.41 bits per heavy atom. The third-order valence-corrected chi connectivity index (χ3v) is 3.75. The molecule has 2 unspecified atom stereocenters. The van der Waals surface area contributed by atoms with Crippen molar-refractivity contribution in [2.75, 3.05) is 18.5 Å². The van der Waals surface area contributed by atoms with Crippen LogP contribution in [-0.2, 0) is 0 Å². The molecule has 0 bridgehead atoms. The fraction of sp³-hybridized carbons (Fsp3) is 0.571. The lowest BCUT2D eigenvalue weighted by Crippen LogP contribution is -2.46. The highest BCUT2D eigenvalue weighted by molar-refractivity contribution is 5.54. The largest absolute Gasteiger partial charge is 0.368 e. The second-order valence-corrected chi connectivity index (χ2v) is 4.98. The molecule has 1 fully saturated rings. The molecule has 0 amide bonds. The Hall–Kier alpha value is -1.09. The molecule has 1 aromatic rings. The van der Waals surface area contributed by atoms with Crippen LogP contribution in [0.3, 0.4) is 0 Å². The van der Waals surface area contributed by atoms with Gasteiger partial charge < -0.3 is 10.2 Å². The number of halogens is 1. The SMILES string of the molecule is CNC1CCN(c2ccc(F)cc2C)C(C)C1. The highest BCUT2D eigenvalue weighted by Crippen LogP contribution is 2.28. The molecular formula is C14H21FN2. The smallest absolute Gasteiger partial charge is 0.123 e. The van der Waals surface area contributed by atoms with Gasteiger partial charge in [0.25, 0.3) is 0 Å². The Bertz CT molecular complexity index is 392. The number of nitrogens with one attached hydrogen (secondary N) is 1. The van der Waals surface area contributed by atoms with Gasteiger partial charge in [-0.1, -0.05) is 0 Å². The molecule has 0 spiro atoms. The van der Waals surface area contributed by atoms with Crippen LogP contribution in [0.25, 0.3) is 0 Å². The first-order chi connectivity index (χ1) is 8.11. The minimum atomic E-state index is -0.149. The monoisotopic (exact) mass is 236 g/mol. The van der Waals surface area contributed by atoms with Crippen molar-refractivity contribution in [2.24, 2.45) is 0 Å². The highest BCUT2D eigenvalue weighted by atomic mass is 19.1. The number of aryl methyl sites for hydroxylation is 1. The molecule has 1 heterocycles. The van der Waals surface area contributed by atoms with Crippen LogP contribution in [0.2, 0.25) is 0 Å². The van der Waals surface area contributed by atoms with E-state index in [1.807, 2.05) is 20.0 Å². The topological polar surface area (TPSA) is 15.3 Å². The van der Waals surface area contributed by atoms with Crippen LogP contribution in [-0.4, -0.2) is 25.7 Å². The Morgan fingerprint density at radius 2 is 2.18 bits per heavy atom. The van der Waals surface area contributed by atoms with Gasteiger partial charge in [0.15, 0.2) is 0 Å². The van der Waals surface area contributed by atoms with E-state index in [2.05, 4.69) is 17.1 Å². The first-order valence-corrected chi connectivity index (χ1v) is 6.32. The summed E-state index contributed by atoms with van der Waals surface area (Å²) in [5.74, 6) is -0.149. The first-order valence-electron chi connectivity index (χ1n) is 6.32. The average molecular weight is 236 g/mol. The van der Waals surface area contributed by atoms with Gasteiger partial charge in [0.05, 0.1) is 0 Å². The molecule has 1 aliphatic heterocycles. The molecule has 17 heavy (non-hydrogen) atoms. The van der Waals surface area contributed by atoms with Crippen molar-refractivity contribution < 1.29 is 4.39 Å². The van der Waals surface area contributed by atoms with Gasteiger partial charge in [-0.05, 0) is 57.5 Å². The quantitative estimate of drug-likeness (QED) is 0.849. The molecule has 0 radical (unpaired) electrons. The zero-order chi connectivity index (χ0) is 12.4. The molecule has 2 rings (SSSR count). The molecule has 3 heteroatoms. The van der Waals surface area contributed by atoms with Crippen molar-refractivity contribution >= 4 is 5.69 Å². The van der Waals surface area contributed by atoms with Crippen LogP contribution < -0.4 is 10.2 Å². The number of anilines is 1. The van der Waals surface area contributed by atoms with E-state index in [0.29, 0.717) is 12.1 Å². The Labute approximate surface area is 103 Å². The fourth-order valence-corrected chi connectivity index (χ4v) is 2.73. The van der Waals surface area contributed by atoms with Crippen molar-refractivity contribution in [2.45, 2.75) is 38.8 Å². The summed E-state index contributed by atoms with van der Waals surface area (Å²) in [5, 5.41) is 3.34. The second kappa shape index (κ2) is 5.05. The van der Waals surface area contributed by atoms with Crippen LogP contribution >= 0.6 is 0 Å². The molecule has 1 aromatic carbocycles. The summed E-state index contributed by atoms with van der Waals surface area (Å²) in [5.41, 5.74) is 2.20. The van der Waals surface area contributed by atoms with E-state index < -0.39 is 0 Å². The van der Waals surface area contributed by atoms with E-state index in [1.54, 1.807) is 12.1 Å². The van der Waals surface area contributed by atoms with E-state index in [4.69, 9.17) is 0 Å². The van der Waals surface area contributed by atoms with E-state index in [1.165, 1.54) is 5.69 Å². The third kappa shape index (κ3) is 2.60. The fourth-order valence-electron chi connectivity index (χ4n) is 2.73. The van der Waals surface area contributed by atoms with Crippen LogP contribution in [0, 0.1) is 12.7 Å². The van der Waals surface area contributed by atoms with E-state index in [-0.39, 0.29) is 5.82 Å². The van der Waals surface area contributed by atoms with Gasteiger partial charge in [-0.2, -0.15) is 0 Å². The van der Waals surface area contributed by atoms with Crippen LogP contribution in [0.4, 0.5) is 10.1 Å². The number of piperidine rings is 1. The molecule has 0 saturated carbocycles. The summed E-state index contributed by atoms with van der Waals surface area (Å²) in [7, 11) is 2.02. The summed E-state index contributed by atoms with van der Waals surface area (Å²) in [4.78, 5) is 2.39. The van der Waals surface area contributed by atoms with E-state index in [9.17, 15) is 4.39 Å². The van der Waals surface area contributed by atoms with Gasteiger partial charge in [-0.3, -0.25) is 0 Å². The van der Waals surface area contributed by atoms with Gasteiger partial charge in [0.1, 0.15) is 5.82 Å². The Balaban J connectivity index is 2.17. The predicted octanol–water partition coefficient (Wildman–Crippen LogP) is 2.71. The molecule has 1 N–H and O–H groups in total. The predicted molar refractivity (Wildman–Crippen MR) is 70.0 cm³/mol. The van der Waals surface area contributed by atoms with Gasteiger partial charge >= 0.3 is 0 Å². The zero-order valence-corrected chi connectivity index (χ0v) is 10.8. The molecular weight excluding hydrogens is 215 g/mol. The summed E-state index contributed by atoms with van der Waals surface area (Å²) in [6.45, 7) is 5.26. The second-order valence-electron chi connectivity index (χ2n) is 4.98. The normalized spacial score (nSPS) is 25.1. The lowest BCUT2D eigenvalue weighted by atomic mass is 9.97. The van der Waals surface area contributed by atoms with Gasteiger partial charge in [-0.25, -0.2) is 4.39 Å². The maximum Gasteiger partial charge on any atom is 0.123 e. The summed E-state index contributed by atoms with van der Waals surface area (Å²) >= 11 is 0. The standard InChI is InChI=1S/C14H21FN2/c1-10-8-12(15)4-5-14(10)17-7-6-13(16-3)9-11(17)2/h4-5,8,11,13,16H,6-7,9H2,1-3H3. The van der Waals surface area contributed by atoms with Gasteiger partial charge in [-0.15, -0.1) is 0 Å². The Morgan fingerprint density at radius 3 is 2.76 bits per heavy atom. The zero-order valence-electron chi connectivity index (χ0n) is 10.8. The van der Waals surface area contributed by atoms with Crippen LogP contribution in [0.1, 0.15) is 25.3 Å². The molecule has 2 nitrogen and oxygen atoms in total. The maximum absolute atomic E-state index is 13.1. The Kier molecular flexibility index (Phi) is 3.67. The molecule has 0 aromatic heterocycles. The van der Waals surface area contributed by atoms with Crippen molar-refractivity contribution in [3.05, 3.63) is 29.6 Å². The molecule has 1 aliphatic rings. The molecule has 2 atom stereocenters. The van der Waals surface area contributed by atoms with Crippen molar-refractivity contribution in [3.8, 4) is 0 Å². The number of hydrogen-bond donors (Lipinski definition) is 1. The van der Waals surface area contributed by atoms with Crippen molar-refractivity contribution in [1.82, 2.24) is 5.32 Å². The third-order valence-electron chi connectivity index (χ3n) is 3.75. The minimum Gasteiger partial charge on any atom is -0.368 e. The summed E-state index contributed by atoms with van der Waals surface area (Å²) < 4.78 is 13.1. The maximum atomic E-state index is 13.1. The number of hydrogen-bond acceptors (Lipinski definition) is 2. The first kappa shape index (κ1) is 12.4. The highest BCUT2D eigenvalue weighted by Gasteiger charge is 2.25. The summed E-state index contributed by atoms with van der Waals surface area (Å²) in [6, 6.07) is 6.19.